The zero-order chi connectivity index (χ0) is 44.9. The average molecular weight is 894 g/mol. The van der Waals surface area contributed by atoms with Crippen LogP contribution in [-0.4, -0.2) is 132 Å². The molecule has 4 aromatic heterocycles. The first kappa shape index (κ1) is 46.7. The molecule has 0 aliphatic carbocycles. The van der Waals surface area contributed by atoms with Crippen LogP contribution >= 0.6 is 11.3 Å². The van der Waals surface area contributed by atoms with E-state index in [-0.39, 0.29) is 36.5 Å². The molecule has 2 amide bonds. The number of aliphatic hydroxyl groups excluding tert-OH is 1. The van der Waals surface area contributed by atoms with Gasteiger partial charge < -0.3 is 44.4 Å². The monoisotopic (exact) mass is 893 g/mol. The molecule has 340 valence electrons. The van der Waals surface area contributed by atoms with Gasteiger partial charge in [0.05, 0.1) is 74.5 Å². The minimum Gasteiger partial charge on any atom is -0.475 e. The van der Waals surface area contributed by atoms with E-state index >= 15 is 0 Å². The van der Waals surface area contributed by atoms with Crippen molar-refractivity contribution in [2.75, 3.05) is 72.6 Å². The van der Waals surface area contributed by atoms with Gasteiger partial charge >= 0.3 is 0 Å². The van der Waals surface area contributed by atoms with Gasteiger partial charge in [0.15, 0.2) is 0 Å². The number of hydrogen-bond donors (Lipinski definition) is 4. The molecule has 5 heterocycles. The first-order valence-electron chi connectivity index (χ1n) is 21.8. The van der Waals surface area contributed by atoms with E-state index in [0.717, 1.165) is 54.6 Å². The number of H-pyrrole nitrogens is 1. The van der Waals surface area contributed by atoms with E-state index in [1.54, 1.807) is 23.7 Å². The molecule has 15 nitrogen and oxygen atoms in total. The van der Waals surface area contributed by atoms with Crippen LogP contribution in [-0.2, 0) is 35.1 Å². The van der Waals surface area contributed by atoms with Gasteiger partial charge in [-0.3, -0.25) is 19.5 Å². The number of hydrogen-bond acceptors (Lipinski definition) is 13. The van der Waals surface area contributed by atoms with Gasteiger partial charge in [-0.1, -0.05) is 57.2 Å². The van der Waals surface area contributed by atoms with E-state index in [2.05, 4.69) is 48.8 Å². The molecule has 2 aromatic carbocycles. The van der Waals surface area contributed by atoms with Crippen LogP contribution in [0.5, 0.6) is 5.88 Å². The summed E-state index contributed by atoms with van der Waals surface area (Å²) in [5, 5.41) is 19.0. The Morgan fingerprint density at radius 2 is 1.55 bits per heavy atom. The van der Waals surface area contributed by atoms with Crippen molar-refractivity contribution >= 4 is 45.0 Å². The molecular weight excluding hydrogens is 835 g/mol. The van der Waals surface area contributed by atoms with Crippen molar-refractivity contribution in [2.24, 2.45) is 5.41 Å². The molecule has 1 aliphatic heterocycles. The third-order valence-corrected chi connectivity index (χ3v) is 12.2. The number of fused-ring (bicyclic) bond motifs is 3. The summed E-state index contributed by atoms with van der Waals surface area (Å²) in [7, 11) is 0. The van der Waals surface area contributed by atoms with Gasteiger partial charge in [-0.25, -0.2) is 9.97 Å². The summed E-state index contributed by atoms with van der Waals surface area (Å²) in [4.78, 5) is 45.9. The lowest BCUT2D eigenvalue weighted by molar-refractivity contribution is -0.128. The zero-order valence-corrected chi connectivity index (χ0v) is 37.8. The smallest absolute Gasteiger partial charge is 0.246 e. The third-order valence-electron chi connectivity index (χ3n) is 11.2. The Bertz CT molecular complexity index is 2420. The highest BCUT2D eigenvalue weighted by atomic mass is 32.1. The van der Waals surface area contributed by atoms with Crippen molar-refractivity contribution in [2.45, 2.75) is 58.8 Å². The molecule has 0 spiro atoms. The summed E-state index contributed by atoms with van der Waals surface area (Å²) in [6.45, 7) is 12.1. The van der Waals surface area contributed by atoms with Crippen LogP contribution in [0.3, 0.4) is 0 Å². The van der Waals surface area contributed by atoms with Gasteiger partial charge in [0.25, 0.3) is 0 Å². The molecule has 4 N–H and O–H groups in total. The van der Waals surface area contributed by atoms with Crippen LogP contribution in [0.4, 0.5) is 0 Å². The highest BCUT2D eigenvalue weighted by Crippen LogP contribution is 2.30. The Balaban J connectivity index is 0.709. The third kappa shape index (κ3) is 12.9. The summed E-state index contributed by atoms with van der Waals surface area (Å²) in [6, 6.07) is 19.4. The number of aliphatic hydroxyl groups is 1. The number of likely N-dealkylation sites (tertiary alicyclic amines) is 1. The molecule has 0 radical (unpaired) electrons. The molecule has 1 fully saturated rings. The number of ether oxygens (including phenoxy) is 5. The van der Waals surface area contributed by atoms with Crippen LogP contribution in [0.2, 0.25) is 0 Å². The number of carbonyl (C=O) groups excluding carboxylic acids is 2. The maximum Gasteiger partial charge on any atom is 0.246 e. The lowest BCUT2D eigenvalue weighted by Gasteiger charge is -2.36. The molecule has 6 aromatic rings. The molecule has 7 rings (SSSR count). The summed E-state index contributed by atoms with van der Waals surface area (Å²) in [5.74, 6) is 0.132. The topological polar surface area (TPSA) is 182 Å². The summed E-state index contributed by atoms with van der Waals surface area (Å²) in [6.07, 6.45) is 5.17. The van der Waals surface area contributed by atoms with Crippen LogP contribution in [0.25, 0.3) is 43.4 Å². The first-order valence-corrected chi connectivity index (χ1v) is 22.6. The zero-order valence-electron chi connectivity index (χ0n) is 37.0. The fourth-order valence-electron chi connectivity index (χ4n) is 7.61. The number of aromatic amines is 1. The van der Waals surface area contributed by atoms with Gasteiger partial charge in [0.2, 0.25) is 17.7 Å². The Hall–Kier alpha value is -5.33. The minimum atomic E-state index is -0.630. The molecule has 1 saturated heterocycles. The number of nitrogens with one attached hydrogen (secondary N) is 3. The largest absolute Gasteiger partial charge is 0.475 e. The van der Waals surface area contributed by atoms with Crippen molar-refractivity contribution in [3.8, 4) is 27.4 Å². The van der Waals surface area contributed by atoms with Crippen LogP contribution in [0, 0.1) is 12.3 Å². The number of thiazole rings is 1. The van der Waals surface area contributed by atoms with Crippen molar-refractivity contribution in [3.05, 3.63) is 96.0 Å². The van der Waals surface area contributed by atoms with E-state index < -0.39 is 12.1 Å². The highest BCUT2D eigenvalue weighted by Gasteiger charge is 2.39. The average Bonchev–Trinajstić information content (AvgIpc) is 4.01. The second-order valence-corrected chi connectivity index (χ2v) is 17.8. The normalized spacial score (nSPS) is 16.1. The maximum atomic E-state index is 13.4. The van der Waals surface area contributed by atoms with Crippen LogP contribution in [0.1, 0.15) is 38.4 Å². The molecule has 0 bridgehead atoms. The lowest BCUT2D eigenvalue weighted by Crippen LogP contribution is -2.54. The van der Waals surface area contributed by atoms with Crippen molar-refractivity contribution in [1.82, 2.24) is 35.5 Å². The summed E-state index contributed by atoms with van der Waals surface area (Å²) >= 11 is 1.60. The standard InChI is InChI=1S/C48H59N7O8S/c1-32-46(64-31-52-32)34-7-5-33(6-8-34)25-51-47(58)42-24-37(56)28-55(42)29-43(48(2,3)4)54-44(57)30-62-20-19-60-16-15-59-17-18-61-21-22-63-45-12-10-36(26-50-45)35-9-11-38-39-27-49-14-13-40(39)53-41(38)23-35/h5-14,23,26-27,31,37,42-43,53,56H,15-22,24-25,28-30H2,1-4H3,(H,51,58)(H,54,57)/t37?,42?,43-/m1/s1. The van der Waals surface area contributed by atoms with Crippen molar-refractivity contribution < 1.29 is 38.4 Å². The molecule has 64 heavy (non-hydrogen) atoms. The number of carbonyl (C=O) groups is 2. The number of benzene rings is 2. The van der Waals surface area contributed by atoms with Gasteiger partial charge in [0, 0.05) is 77.7 Å². The van der Waals surface area contributed by atoms with Crippen LogP contribution in [0.15, 0.2) is 84.8 Å². The summed E-state index contributed by atoms with van der Waals surface area (Å²) < 4.78 is 28.2. The minimum absolute atomic E-state index is 0.121. The quantitative estimate of drug-likeness (QED) is 0.0557. The summed E-state index contributed by atoms with van der Waals surface area (Å²) in [5.41, 5.74) is 8.78. The predicted molar refractivity (Wildman–Crippen MR) is 247 cm³/mol. The number of pyridine rings is 2. The first-order chi connectivity index (χ1) is 31.0. The Labute approximate surface area is 377 Å². The Morgan fingerprint density at radius 1 is 0.844 bits per heavy atom. The van der Waals surface area contributed by atoms with Crippen molar-refractivity contribution in [1.29, 1.82) is 0 Å². The van der Waals surface area contributed by atoms with E-state index in [9.17, 15) is 14.7 Å². The molecule has 16 heteroatoms. The molecular formula is C48H59N7O8S. The number of aryl methyl sites for hydroxylation is 1. The SMILES string of the molecule is Cc1ncsc1-c1ccc(CNC(=O)C2CC(O)CN2C[C@@H](NC(=O)COCCOCCOCCOCCOc2ccc(-c3ccc4c(c3)[nH]c3ccncc34)cn2)C(C)(C)C)cc1. The second-order valence-electron chi connectivity index (χ2n) is 17.0. The van der Waals surface area contributed by atoms with Gasteiger partial charge in [-0.05, 0) is 53.6 Å². The van der Waals surface area contributed by atoms with Crippen LogP contribution < -0.4 is 15.4 Å². The number of nitrogens with zero attached hydrogens (tertiary/aromatic N) is 4. The van der Waals surface area contributed by atoms with E-state index in [1.807, 2.05) is 86.8 Å². The van der Waals surface area contributed by atoms with Gasteiger partial charge in [0.1, 0.15) is 13.2 Å². The van der Waals surface area contributed by atoms with Gasteiger partial charge in [-0.2, -0.15) is 0 Å². The number of β-amino-alcohol motifs (C(OH)–C–C–N with tert-alkyl or cyclic N) is 1. The van der Waals surface area contributed by atoms with Gasteiger partial charge in [-0.15, -0.1) is 11.3 Å². The molecule has 0 saturated carbocycles. The predicted octanol–water partition coefficient (Wildman–Crippen LogP) is 5.94. The fourth-order valence-corrected chi connectivity index (χ4v) is 8.42. The Morgan fingerprint density at radius 3 is 2.23 bits per heavy atom. The molecule has 2 unspecified atom stereocenters. The number of rotatable bonds is 23. The van der Waals surface area contributed by atoms with E-state index in [1.165, 1.54) is 0 Å². The highest BCUT2D eigenvalue weighted by molar-refractivity contribution is 7.13. The number of amides is 2. The second kappa shape index (κ2) is 22.5. The fraction of sp³-hybridized carbons (Fsp3) is 0.438. The van der Waals surface area contributed by atoms with Crippen molar-refractivity contribution in [3.63, 3.8) is 0 Å². The number of aromatic nitrogens is 4. The Kier molecular flexibility index (Phi) is 16.4. The lowest BCUT2D eigenvalue weighted by atomic mass is 9.86. The maximum absolute atomic E-state index is 13.4. The van der Waals surface area contributed by atoms with E-state index in [4.69, 9.17) is 23.7 Å². The van der Waals surface area contributed by atoms with E-state index in [0.29, 0.717) is 78.2 Å². The molecule has 3 atom stereocenters. The molecule has 1 aliphatic rings.